The molecule has 0 amide bonds. The minimum atomic E-state index is -0.630. The van der Waals surface area contributed by atoms with E-state index in [1.165, 1.54) is 0 Å². The van der Waals surface area contributed by atoms with Crippen molar-refractivity contribution in [2.45, 2.75) is 37.8 Å². The van der Waals surface area contributed by atoms with E-state index in [4.69, 9.17) is 5.73 Å². The molecule has 0 fully saturated rings. The van der Waals surface area contributed by atoms with Crippen molar-refractivity contribution < 1.29 is 5.11 Å². The monoisotopic (exact) mass is 177 g/mol. The van der Waals surface area contributed by atoms with Crippen LogP contribution in [0.5, 0.6) is 0 Å². The minimum Gasteiger partial charge on any atom is -0.388 e. The van der Waals surface area contributed by atoms with Crippen LogP contribution >= 0.6 is 12.4 Å². The first-order chi connectivity index (χ1) is 4.69. The standard InChI is InChI=1S/C8H15NO.ClH/c1-2-7(9)8(10)5-3-4-6-8;/h3-4,7,10H,2,5-6,9H2,1H3;1H. The van der Waals surface area contributed by atoms with E-state index in [1.807, 2.05) is 19.1 Å². The Kier molecular flexibility index (Phi) is 4.08. The first-order valence-corrected chi connectivity index (χ1v) is 3.82. The van der Waals surface area contributed by atoms with Crippen molar-refractivity contribution in [1.82, 2.24) is 0 Å². The lowest BCUT2D eigenvalue weighted by atomic mass is 9.91. The number of hydrogen-bond acceptors (Lipinski definition) is 2. The number of rotatable bonds is 2. The zero-order chi connectivity index (χ0) is 7.61. The van der Waals surface area contributed by atoms with E-state index < -0.39 is 5.60 Å². The third-order valence-corrected chi connectivity index (χ3v) is 2.24. The van der Waals surface area contributed by atoms with Gasteiger partial charge in [-0.25, -0.2) is 0 Å². The van der Waals surface area contributed by atoms with Gasteiger partial charge in [0, 0.05) is 6.04 Å². The Labute approximate surface area is 73.9 Å². The summed E-state index contributed by atoms with van der Waals surface area (Å²) in [6.07, 6.45) is 6.28. The van der Waals surface area contributed by atoms with Crippen molar-refractivity contribution in [2.24, 2.45) is 5.73 Å². The summed E-state index contributed by atoms with van der Waals surface area (Å²) in [5.74, 6) is 0. The summed E-state index contributed by atoms with van der Waals surface area (Å²) in [6, 6.07) is -0.0671. The molecule has 3 heteroatoms. The Bertz CT molecular complexity index is 139. The molecule has 0 saturated heterocycles. The van der Waals surface area contributed by atoms with Crippen LogP contribution in [-0.2, 0) is 0 Å². The summed E-state index contributed by atoms with van der Waals surface area (Å²) in [5, 5.41) is 9.77. The van der Waals surface area contributed by atoms with Crippen LogP contribution in [0, 0.1) is 0 Å². The van der Waals surface area contributed by atoms with Crippen molar-refractivity contribution in [3.63, 3.8) is 0 Å². The summed E-state index contributed by atoms with van der Waals surface area (Å²) < 4.78 is 0. The van der Waals surface area contributed by atoms with E-state index in [2.05, 4.69) is 0 Å². The molecule has 0 saturated carbocycles. The van der Waals surface area contributed by atoms with E-state index in [-0.39, 0.29) is 18.4 Å². The van der Waals surface area contributed by atoms with E-state index in [0.717, 1.165) is 19.3 Å². The van der Waals surface area contributed by atoms with Gasteiger partial charge in [-0.1, -0.05) is 19.1 Å². The van der Waals surface area contributed by atoms with Crippen molar-refractivity contribution >= 4 is 12.4 Å². The Balaban J connectivity index is 0.000001000. The summed E-state index contributed by atoms with van der Waals surface area (Å²) in [6.45, 7) is 2.00. The van der Waals surface area contributed by atoms with Gasteiger partial charge in [0.25, 0.3) is 0 Å². The molecule has 1 rings (SSSR count). The smallest absolute Gasteiger partial charge is 0.0866 e. The van der Waals surface area contributed by atoms with Crippen LogP contribution in [0.4, 0.5) is 0 Å². The maximum atomic E-state index is 9.77. The first-order valence-electron chi connectivity index (χ1n) is 3.82. The zero-order valence-corrected chi connectivity index (χ0v) is 7.60. The third-order valence-electron chi connectivity index (χ3n) is 2.24. The zero-order valence-electron chi connectivity index (χ0n) is 6.79. The number of aliphatic hydroxyl groups is 1. The number of halogens is 1. The molecule has 3 N–H and O–H groups in total. The molecule has 0 bridgehead atoms. The molecule has 0 aromatic rings. The highest BCUT2D eigenvalue weighted by molar-refractivity contribution is 5.85. The van der Waals surface area contributed by atoms with Crippen LogP contribution < -0.4 is 5.73 Å². The normalized spacial score (nSPS) is 22.8. The lowest BCUT2D eigenvalue weighted by Gasteiger charge is -2.28. The summed E-state index contributed by atoms with van der Waals surface area (Å²) >= 11 is 0. The molecule has 66 valence electrons. The van der Waals surface area contributed by atoms with Crippen LogP contribution in [0.2, 0.25) is 0 Å². The molecule has 1 aliphatic rings. The Morgan fingerprint density at radius 1 is 1.55 bits per heavy atom. The molecule has 0 heterocycles. The molecular formula is C8H16ClNO. The van der Waals surface area contributed by atoms with Crippen LogP contribution in [0.25, 0.3) is 0 Å². The second-order valence-corrected chi connectivity index (χ2v) is 3.00. The van der Waals surface area contributed by atoms with E-state index in [0.29, 0.717) is 0 Å². The van der Waals surface area contributed by atoms with Crippen molar-refractivity contribution in [1.29, 1.82) is 0 Å². The predicted octanol–water partition coefficient (Wildman–Crippen LogP) is 1.23. The fraction of sp³-hybridized carbons (Fsp3) is 0.750. The Hall–Kier alpha value is -0.0500. The van der Waals surface area contributed by atoms with E-state index >= 15 is 0 Å². The topological polar surface area (TPSA) is 46.2 Å². The summed E-state index contributed by atoms with van der Waals surface area (Å²) in [5.41, 5.74) is 5.09. The van der Waals surface area contributed by atoms with Gasteiger partial charge in [-0.15, -0.1) is 12.4 Å². The second kappa shape index (κ2) is 4.10. The number of nitrogens with two attached hydrogens (primary N) is 1. The summed E-state index contributed by atoms with van der Waals surface area (Å²) in [4.78, 5) is 0. The first kappa shape index (κ1) is 11.0. The van der Waals surface area contributed by atoms with Crippen LogP contribution in [0.3, 0.4) is 0 Å². The van der Waals surface area contributed by atoms with Gasteiger partial charge in [0.15, 0.2) is 0 Å². The molecule has 0 radical (unpaired) electrons. The largest absolute Gasteiger partial charge is 0.388 e. The molecule has 11 heavy (non-hydrogen) atoms. The highest BCUT2D eigenvalue weighted by Crippen LogP contribution is 2.26. The molecule has 1 unspecified atom stereocenters. The van der Waals surface area contributed by atoms with Crippen LogP contribution in [0.15, 0.2) is 12.2 Å². The molecule has 1 atom stereocenters. The fourth-order valence-electron chi connectivity index (χ4n) is 1.34. The molecule has 0 aromatic heterocycles. The SMILES string of the molecule is CCC(N)C1(O)CC=CC1.Cl. The second-order valence-electron chi connectivity index (χ2n) is 3.00. The predicted molar refractivity (Wildman–Crippen MR) is 48.8 cm³/mol. The third kappa shape index (κ3) is 2.19. The average Bonchev–Trinajstić information content (AvgIpc) is 2.36. The van der Waals surface area contributed by atoms with Gasteiger partial charge < -0.3 is 10.8 Å². The van der Waals surface area contributed by atoms with Crippen molar-refractivity contribution in [2.75, 3.05) is 0 Å². The highest BCUT2D eigenvalue weighted by atomic mass is 35.5. The van der Waals surface area contributed by atoms with Gasteiger partial charge in [0.1, 0.15) is 0 Å². The Morgan fingerprint density at radius 2 is 2.00 bits per heavy atom. The maximum Gasteiger partial charge on any atom is 0.0866 e. The lowest BCUT2D eigenvalue weighted by molar-refractivity contribution is 0.0257. The molecule has 1 aliphatic carbocycles. The number of hydrogen-bond donors (Lipinski definition) is 2. The van der Waals surface area contributed by atoms with Gasteiger partial charge in [0.05, 0.1) is 5.60 Å². The van der Waals surface area contributed by atoms with Crippen LogP contribution in [0.1, 0.15) is 26.2 Å². The van der Waals surface area contributed by atoms with Gasteiger partial charge in [-0.05, 0) is 19.3 Å². The van der Waals surface area contributed by atoms with E-state index in [9.17, 15) is 5.11 Å². The van der Waals surface area contributed by atoms with Gasteiger partial charge in [-0.3, -0.25) is 0 Å². The molecule has 0 aliphatic heterocycles. The van der Waals surface area contributed by atoms with Gasteiger partial charge >= 0.3 is 0 Å². The van der Waals surface area contributed by atoms with Crippen molar-refractivity contribution in [3.8, 4) is 0 Å². The lowest BCUT2D eigenvalue weighted by Crippen LogP contribution is -2.45. The quantitative estimate of drug-likeness (QED) is 0.624. The maximum absolute atomic E-state index is 9.77. The van der Waals surface area contributed by atoms with Crippen molar-refractivity contribution in [3.05, 3.63) is 12.2 Å². The fourth-order valence-corrected chi connectivity index (χ4v) is 1.34. The Morgan fingerprint density at radius 3 is 2.36 bits per heavy atom. The molecule has 0 aromatic carbocycles. The minimum absolute atomic E-state index is 0. The average molecular weight is 178 g/mol. The molecular weight excluding hydrogens is 162 g/mol. The van der Waals surface area contributed by atoms with E-state index in [1.54, 1.807) is 0 Å². The van der Waals surface area contributed by atoms with Crippen LogP contribution in [-0.4, -0.2) is 16.7 Å². The highest BCUT2D eigenvalue weighted by Gasteiger charge is 2.33. The van der Waals surface area contributed by atoms with Gasteiger partial charge in [-0.2, -0.15) is 0 Å². The summed E-state index contributed by atoms with van der Waals surface area (Å²) in [7, 11) is 0. The van der Waals surface area contributed by atoms with Gasteiger partial charge in [0.2, 0.25) is 0 Å². The molecule has 0 spiro atoms. The molecule has 2 nitrogen and oxygen atoms in total.